The van der Waals surface area contributed by atoms with Crippen molar-refractivity contribution in [3.05, 3.63) is 65.2 Å². The number of nitrogens with zero attached hydrogens (tertiary/aromatic N) is 2. The lowest BCUT2D eigenvalue weighted by Crippen LogP contribution is -2.12. The maximum absolute atomic E-state index is 11.9. The topological polar surface area (TPSA) is 105 Å². The number of alkyl halides is 1. The van der Waals surface area contributed by atoms with Gasteiger partial charge in [-0.15, -0.1) is 0 Å². The second-order valence-corrected chi connectivity index (χ2v) is 6.41. The van der Waals surface area contributed by atoms with Gasteiger partial charge < -0.3 is 15.8 Å². The lowest BCUT2D eigenvalue weighted by atomic mass is 10.2. The minimum atomic E-state index is -0.614. The Labute approximate surface area is 170 Å². The van der Waals surface area contributed by atoms with Crippen molar-refractivity contribution in [2.45, 2.75) is 4.43 Å². The number of carbonyl (C=O) groups is 1. The summed E-state index contributed by atoms with van der Waals surface area (Å²) in [6, 6.07) is 15.2. The van der Waals surface area contributed by atoms with Crippen LogP contribution < -0.4 is 15.8 Å². The Morgan fingerprint density at radius 3 is 2.56 bits per heavy atom. The molecule has 2 aromatic carbocycles. The van der Waals surface area contributed by atoms with E-state index in [1.165, 1.54) is 5.56 Å². The Morgan fingerprint density at radius 2 is 1.96 bits per heavy atom. The highest BCUT2D eigenvalue weighted by molar-refractivity contribution is 14.1. The van der Waals surface area contributed by atoms with Crippen LogP contribution in [0.1, 0.15) is 21.5 Å². The number of methoxy groups -OCH3 is 1. The lowest BCUT2D eigenvalue weighted by Gasteiger charge is -2.06. The number of rotatable bonds is 7. The summed E-state index contributed by atoms with van der Waals surface area (Å²) in [6.07, 6.45) is 1.61. The van der Waals surface area contributed by atoms with E-state index in [-0.39, 0.29) is 11.4 Å². The van der Waals surface area contributed by atoms with Gasteiger partial charge in [0.05, 0.1) is 7.11 Å². The number of amides is 1. The number of ether oxygens (including phenoxy) is 1. The SMILES string of the molecule is COc1ccc(C=Nc2n[nH]c(Nc3ccc(CI)cc3)c2C(N)=O)cc1. The number of halogens is 1. The van der Waals surface area contributed by atoms with Crippen molar-refractivity contribution in [2.75, 3.05) is 12.4 Å². The Balaban J connectivity index is 1.83. The molecule has 0 radical (unpaired) electrons. The third-order valence-corrected chi connectivity index (χ3v) is 4.70. The number of benzene rings is 2. The number of aromatic amines is 1. The third-order valence-electron chi connectivity index (χ3n) is 3.82. The second-order valence-electron chi connectivity index (χ2n) is 5.65. The molecule has 8 heteroatoms. The molecule has 0 saturated carbocycles. The summed E-state index contributed by atoms with van der Waals surface area (Å²) >= 11 is 2.30. The first-order chi connectivity index (χ1) is 13.1. The Kier molecular flexibility index (Phi) is 6.07. The van der Waals surface area contributed by atoms with Crippen LogP contribution in [0.3, 0.4) is 0 Å². The first-order valence-electron chi connectivity index (χ1n) is 8.09. The molecule has 0 saturated heterocycles. The number of carbonyl (C=O) groups excluding carboxylic acids is 1. The van der Waals surface area contributed by atoms with Crippen LogP contribution in [0.5, 0.6) is 5.75 Å². The summed E-state index contributed by atoms with van der Waals surface area (Å²) in [5.41, 5.74) is 8.62. The fourth-order valence-electron chi connectivity index (χ4n) is 2.40. The van der Waals surface area contributed by atoms with Crippen LogP contribution in [0.2, 0.25) is 0 Å². The van der Waals surface area contributed by atoms with Gasteiger partial charge in [0.2, 0.25) is 0 Å². The smallest absolute Gasteiger partial charge is 0.256 e. The van der Waals surface area contributed by atoms with E-state index < -0.39 is 5.91 Å². The number of hydrogen-bond donors (Lipinski definition) is 3. The molecule has 1 amide bonds. The molecule has 3 aromatic rings. The van der Waals surface area contributed by atoms with E-state index >= 15 is 0 Å². The van der Waals surface area contributed by atoms with Crippen molar-refractivity contribution < 1.29 is 9.53 Å². The molecule has 0 bridgehead atoms. The molecule has 0 fully saturated rings. The second kappa shape index (κ2) is 8.67. The molecule has 3 rings (SSSR count). The standard InChI is InChI=1S/C19H18IN5O2/c1-27-15-8-4-13(5-9-15)11-22-18-16(17(21)26)19(25-24-18)23-14-6-2-12(10-20)3-7-14/h2-9,11H,10H2,1H3,(H2,21,26)(H2,23,24,25). The summed E-state index contributed by atoms with van der Waals surface area (Å²) in [5.74, 6) is 0.776. The van der Waals surface area contributed by atoms with Crippen LogP contribution in [0.4, 0.5) is 17.3 Å². The molecule has 0 atom stereocenters. The monoisotopic (exact) mass is 475 g/mol. The highest BCUT2D eigenvalue weighted by Gasteiger charge is 2.18. The number of hydrogen-bond acceptors (Lipinski definition) is 5. The zero-order chi connectivity index (χ0) is 19.2. The number of aliphatic imine (C=N–C) groups is 1. The maximum atomic E-state index is 11.9. The molecule has 0 aliphatic heterocycles. The van der Waals surface area contributed by atoms with E-state index in [0.717, 1.165) is 21.4 Å². The van der Waals surface area contributed by atoms with E-state index in [0.29, 0.717) is 5.82 Å². The van der Waals surface area contributed by atoms with Gasteiger partial charge in [0.1, 0.15) is 17.1 Å². The van der Waals surface area contributed by atoms with Crippen molar-refractivity contribution in [1.29, 1.82) is 0 Å². The first-order valence-corrected chi connectivity index (χ1v) is 9.61. The van der Waals surface area contributed by atoms with Gasteiger partial charge in [0.25, 0.3) is 5.91 Å². The predicted molar refractivity (Wildman–Crippen MR) is 115 cm³/mol. The van der Waals surface area contributed by atoms with Crippen LogP contribution in [0.25, 0.3) is 0 Å². The molecule has 7 nitrogen and oxygen atoms in total. The number of H-pyrrole nitrogens is 1. The average Bonchev–Trinajstić information content (AvgIpc) is 3.10. The van der Waals surface area contributed by atoms with Gasteiger partial charge in [0, 0.05) is 16.3 Å². The molecular formula is C19H18IN5O2. The quantitative estimate of drug-likeness (QED) is 0.274. The maximum Gasteiger partial charge on any atom is 0.256 e. The van der Waals surface area contributed by atoms with Crippen molar-refractivity contribution >= 4 is 52.0 Å². The zero-order valence-corrected chi connectivity index (χ0v) is 16.7. The molecular weight excluding hydrogens is 457 g/mol. The van der Waals surface area contributed by atoms with Crippen LogP contribution in [0.15, 0.2) is 53.5 Å². The fourth-order valence-corrected chi connectivity index (χ4v) is 2.91. The molecule has 27 heavy (non-hydrogen) atoms. The number of nitrogens with two attached hydrogens (primary N) is 1. The zero-order valence-electron chi connectivity index (χ0n) is 14.6. The van der Waals surface area contributed by atoms with Crippen LogP contribution in [-0.2, 0) is 4.43 Å². The minimum absolute atomic E-state index is 0.206. The summed E-state index contributed by atoms with van der Waals surface area (Å²) in [4.78, 5) is 16.2. The number of primary amides is 1. The number of aromatic nitrogens is 2. The summed E-state index contributed by atoms with van der Waals surface area (Å²) in [7, 11) is 1.61. The highest BCUT2D eigenvalue weighted by Crippen LogP contribution is 2.26. The molecule has 1 heterocycles. The van der Waals surface area contributed by atoms with E-state index in [9.17, 15) is 4.79 Å². The predicted octanol–water partition coefficient (Wildman–Crippen LogP) is 3.95. The van der Waals surface area contributed by atoms with Gasteiger partial charge >= 0.3 is 0 Å². The number of anilines is 2. The Bertz CT molecular complexity index is 949. The molecule has 138 valence electrons. The van der Waals surface area contributed by atoms with Crippen LogP contribution in [-0.4, -0.2) is 29.4 Å². The Hall–Kier alpha value is -2.88. The molecule has 4 N–H and O–H groups in total. The van der Waals surface area contributed by atoms with Gasteiger partial charge in [-0.3, -0.25) is 9.89 Å². The van der Waals surface area contributed by atoms with E-state index in [1.807, 2.05) is 48.5 Å². The highest BCUT2D eigenvalue weighted by atomic mass is 127. The minimum Gasteiger partial charge on any atom is -0.497 e. The van der Waals surface area contributed by atoms with Gasteiger partial charge in [-0.1, -0.05) is 34.7 Å². The number of nitrogens with one attached hydrogen (secondary N) is 2. The third kappa shape index (κ3) is 4.64. The van der Waals surface area contributed by atoms with Crippen molar-refractivity contribution in [2.24, 2.45) is 10.7 Å². The summed E-state index contributed by atoms with van der Waals surface area (Å²) in [6.45, 7) is 0. The lowest BCUT2D eigenvalue weighted by molar-refractivity contribution is 0.100. The van der Waals surface area contributed by atoms with Gasteiger partial charge in [-0.25, -0.2) is 4.99 Å². The fraction of sp³-hybridized carbons (Fsp3) is 0.105. The molecule has 1 aromatic heterocycles. The molecule has 0 aliphatic carbocycles. The normalized spacial score (nSPS) is 10.9. The van der Waals surface area contributed by atoms with E-state index in [4.69, 9.17) is 10.5 Å². The average molecular weight is 475 g/mol. The van der Waals surface area contributed by atoms with Gasteiger partial charge in [0.15, 0.2) is 5.82 Å². The molecule has 0 unspecified atom stereocenters. The largest absolute Gasteiger partial charge is 0.497 e. The van der Waals surface area contributed by atoms with E-state index in [1.54, 1.807) is 13.3 Å². The first kappa shape index (κ1) is 18.9. The van der Waals surface area contributed by atoms with Crippen molar-refractivity contribution in [3.8, 4) is 5.75 Å². The van der Waals surface area contributed by atoms with Crippen molar-refractivity contribution in [3.63, 3.8) is 0 Å². The van der Waals surface area contributed by atoms with Crippen molar-refractivity contribution in [1.82, 2.24) is 10.2 Å². The van der Waals surface area contributed by atoms with Gasteiger partial charge in [-0.05, 0) is 47.5 Å². The van der Waals surface area contributed by atoms with Crippen LogP contribution >= 0.6 is 22.6 Å². The molecule has 0 aliphatic rings. The summed E-state index contributed by atoms with van der Waals surface area (Å²) < 4.78 is 6.05. The van der Waals surface area contributed by atoms with Crippen LogP contribution in [0, 0.1) is 0 Å². The summed E-state index contributed by atoms with van der Waals surface area (Å²) in [5, 5.41) is 10.0. The van der Waals surface area contributed by atoms with E-state index in [2.05, 4.69) is 43.1 Å². The molecule has 0 spiro atoms. The van der Waals surface area contributed by atoms with Gasteiger partial charge in [-0.2, -0.15) is 5.10 Å². The Morgan fingerprint density at radius 1 is 1.26 bits per heavy atom.